The highest BCUT2D eigenvalue weighted by atomic mass is 14.0. The molecular weight excluding hydrogens is 360 g/mol. The molecule has 30 heavy (non-hydrogen) atoms. The van der Waals surface area contributed by atoms with Crippen molar-refractivity contribution in [1.82, 2.24) is 0 Å². The third-order valence-electron chi connectivity index (χ3n) is 5.30. The lowest BCUT2D eigenvalue weighted by molar-refractivity contribution is 0.592. The van der Waals surface area contributed by atoms with Gasteiger partial charge in [-0.1, -0.05) is 117 Å². The molecule has 0 aliphatic carbocycles. The van der Waals surface area contributed by atoms with E-state index in [1.54, 1.807) is 0 Å². The summed E-state index contributed by atoms with van der Waals surface area (Å²) in [6.07, 6.45) is 36.9. The molecule has 170 valence electrons. The summed E-state index contributed by atoms with van der Waals surface area (Å²) >= 11 is 0. The molecule has 0 aliphatic heterocycles. The Morgan fingerprint density at radius 1 is 0.533 bits per heavy atom. The van der Waals surface area contributed by atoms with Gasteiger partial charge in [-0.2, -0.15) is 0 Å². The SMILES string of the molecule is CCCCCCCCCC=CC=CC=CCC=C(C)CCC=C(C)CCC=C(C)C. The summed E-state index contributed by atoms with van der Waals surface area (Å²) in [4.78, 5) is 0. The van der Waals surface area contributed by atoms with Gasteiger partial charge in [-0.3, -0.25) is 0 Å². The van der Waals surface area contributed by atoms with Crippen molar-refractivity contribution in [2.24, 2.45) is 0 Å². The Morgan fingerprint density at radius 3 is 1.77 bits per heavy atom. The van der Waals surface area contributed by atoms with Gasteiger partial charge in [0.2, 0.25) is 0 Å². The lowest BCUT2D eigenvalue weighted by Crippen LogP contribution is -1.80. The second-order valence-corrected chi connectivity index (χ2v) is 8.85. The lowest BCUT2D eigenvalue weighted by Gasteiger charge is -2.01. The number of hydrogen-bond donors (Lipinski definition) is 0. The summed E-state index contributed by atoms with van der Waals surface area (Å²) in [6.45, 7) is 11.1. The van der Waals surface area contributed by atoms with E-state index in [9.17, 15) is 0 Å². The van der Waals surface area contributed by atoms with Crippen molar-refractivity contribution >= 4 is 0 Å². The highest BCUT2D eigenvalue weighted by Crippen LogP contribution is 2.12. The molecule has 0 fully saturated rings. The van der Waals surface area contributed by atoms with E-state index in [4.69, 9.17) is 0 Å². The van der Waals surface area contributed by atoms with Crippen molar-refractivity contribution in [3.8, 4) is 0 Å². The molecule has 0 atom stereocenters. The summed E-state index contributed by atoms with van der Waals surface area (Å²) in [6, 6.07) is 0. The van der Waals surface area contributed by atoms with Crippen LogP contribution in [0.1, 0.15) is 118 Å². The second kappa shape index (κ2) is 22.1. The molecule has 0 saturated carbocycles. The van der Waals surface area contributed by atoms with Crippen molar-refractivity contribution in [2.45, 2.75) is 118 Å². The van der Waals surface area contributed by atoms with Gasteiger partial charge in [0.15, 0.2) is 0 Å². The first kappa shape index (κ1) is 28.4. The summed E-state index contributed by atoms with van der Waals surface area (Å²) in [5.74, 6) is 0. The Kier molecular flexibility index (Phi) is 21.0. The quantitative estimate of drug-likeness (QED) is 0.120. The van der Waals surface area contributed by atoms with Crippen LogP contribution in [-0.2, 0) is 0 Å². The largest absolute Gasteiger partial charge is 0.0856 e. The average molecular weight is 411 g/mol. The molecule has 0 aromatic heterocycles. The van der Waals surface area contributed by atoms with E-state index in [0.29, 0.717) is 0 Å². The van der Waals surface area contributed by atoms with Gasteiger partial charge in [-0.15, -0.1) is 0 Å². The molecule has 0 nitrogen and oxygen atoms in total. The summed E-state index contributed by atoms with van der Waals surface area (Å²) in [7, 11) is 0. The molecule has 0 unspecified atom stereocenters. The van der Waals surface area contributed by atoms with Crippen LogP contribution in [0.25, 0.3) is 0 Å². The fourth-order valence-electron chi connectivity index (χ4n) is 3.29. The zero-order chi connectivity index (χ0) is 22.3. The van der Waals surface area contributed by atoms with E-state index in [2.05, 4.69) is 89.3 Å². The second-order valence-electron chi connectivity index (χ2n) is 8.85. The van der Waals surface area contributed by atoms with Crippen molar-refractivity contribution in [2.75, 3.05) is 0 Å². The maximum Gasteiger partial charge on any atom is -0.0163 e. The van der Waals surface area contributed by atoms with Gasteiger partial charge in [0.25, 0.3) is 0 Å². The number of hydrogen-bond acceptors (Lipinski definition) is 0. The Balaban J connectivity index is 3.76. The van der Waals surface area contributed by atoms with Crippen LogP contribution in [0.4, 0.5) is 0 Å². The van der Waals surface area contributed by atoms with Gasteiger partial charge in [-0.05, 0) is 72.6 Å². The van der Waals surface area contributed by atoms with E-state index in [1.165, 1.54) is 87.3 Å². The minimum atomic E-state index is 1.03. The molecule has 0 saturated heterocycles. The molecule has 0 rings (SSSR count). The summed E-state index contributed by atoms with van der Waals surface area (Å²) < 4.78 is 0. The zero-order valence-electron chi connectivity index (χ0n) is 20.9. The maximum absolute atomic E-state index is 2.41. The van der Waals surface area contributed by atoms with E-state index < -0.39 is 0 Å². The molecule has 0 aromatic carbocycles. The molecule has 0 radical (unpaired) electrons. The van der Waals surface area contributed by atoms with Gasteiger partial charge in [0.05, 0.1) is 0 Å². The number of rotatable bonds is 18. The predicted molar refractivity (Wildman–Crippen MR) is 140 cm³/mol. The van der Waals surface area contributed by atoms with Crippen molar-refractivity contribution < 1.29 is 0 Å². The molecule has 0 heterocycles. The highest BCUT2D eigenvalue weighted by Gasteiger charge is 1.92. The van der Waals surface area contributed by atoms with Crippen LogP contribution < -0.4 is 0 Å². The van der Waals surface area contributed by atoms with E-state index in [0.717, 1.165) is 12.8 Å². The first-order valence-corrected chi connectivity index (χ1v) is 12.5. The predicted octanol–water partition coefficient (Wildman–Crippen LogP) is 10.6. The van der Waals surface area contributed by atoms with Crippen LogP contribution >= 0.6 is 0 Å². The fraction of sp³-hybridized carbons (Fsp3) is 0.600. The first-order valence-electron chi connectivity index (χ1n) is 12.5. The Morgan fingerprint density at radius 2 is 1.10 bits per heavy atom. The summed E-state index contributed by atoms with van der Waals surface area (Å²) in [5.41, 5.74) is 4.43. The Bertz CT molecular complexity index is 559. The van der Waals surface area contributed by atoms with Crippen LogP contribution in [0, 0.1) is 0 Å². The van der Waals surface area contributed by atoms with Gasteiger partial charge < -0.3 is 0 Å². The molecular formula is C30H50. The molecule has 0 spiro atoms. The Hall–Kier alpha value is -1.56. The molecule has 0 heteroatoms. The average Bonchev–Trinajstić information content (AvgIpc) is 2.70. The minimum absolute atomic E-state index is 1.03. The van der Waals surface area contributed by atoms with E-state index in [-0.39, 0.29) is 0 Å². The zero-order valence-corrected chi connectivity index (χ0v) is 20.9. The standard InChI is InChI=1S/C30H50/c1-6-7-8-9-10-11-12-13-14-15-16-17-18-19-20-24-29(4)26-22-27-30(5)25-21-23-28(2)3/h14-19,23-24,27H,6-13,20-22,25-26H2,1-5H3. The third kappa shape index (κ3) is 22.7. The Labute approximate surface area is 189 Å². The first-order chi connectivity index (χ1) is 14.6. The van der Waals surface area contributed by atoms with Crippen LogP contribution in [-0.4, -0.2) is 0 Å². The van der Waals surface area contributed by atoms with Crippen molar-refractivity contribution in [3.63, 3.8) is 0 Å². The lowest BCUT2D eigenvalue weighted by atomic mass is 10.1. The van der Waals surface area contributed by atoms with Crippen LogP contribution in [0.2, 0.25) is 0 Å². The molecule has 0 amide bonds. The smallest absolute Gasteiger partial charge is 0.0163 e. The number of unbranched alkanes of at least 4 members (excludes halogenated alkanes) is 7. The van der Waals surface area contributed by atoms with Crippen molar-refractivity contribution in [3.05, 3.63) is 71.4 Å². The molecule has 0 aliphatic rings. The number of allylic oxidation sites excluding steroid dienone is 12. The van der Waals surface area contributed by atoms with Crippen LogP contribution in [0.5, 0.6) is 0 Å². The highest BCUT2D eigenvalue weighted by molar-refractivity contribution is 5.13. The van der Waals surface area contributed by atoms with E-state index in [1.807, 2.05) is 0 Å². The third-order valence-corrected chi connectivity index (χ3v) is 5.30. The molecule has 0 bridgehead atoms. The van der Waals surface area contributed by atoms with Gasteiger partial charge in [0.1, 0.15) is 0 Å². The van der Waals surface area contributed by atoms with Gasteiger partial charge in [0, 0.05) is 0 Å². The van der Waals surface area contributed by atoms with Crippen molar-refractivity contribution in [1.29, 1.82) is 0 Å². The fourth-order valence-corrected chi connectivity index (χ4v) is 3.29. The van der Waals surface area contributed by atoms with Gasteiger partial charge in [-0.25, -0.2) is 0 Å². The topological polar surface area (TPSA) is 0 Å². The minimum Gasteiger partial charge on any atom is -0.0856 e. The monoisotopic (exact) mass is 410 g/mol. The van der Waals surface area contributed by atoms with Gasteiger partial charge >= 0.3 is 0 Å². The van der Waals surface area contributed by atoms with E-state index >= 15 is 0 Å². The van der Waals surface area contributed by atoms with Crippen LogP contribution in [0.3, 0.4) is 0 Å². The normalized spacial score (nSPS) is 13.2. The molecule has 0 aromatic rings. The molecule has 0 N–H and O–H groups in total. The summed E-state index contributed by atoms with van der Waals surface area (Å²) in [5, 5.41) is 0. The van der Waals surface area contributed by atoms with Crippen LogP contribution in [0.15, 0.2) is 71.4 Å². The maximum atomic E-state index is 2.41.